The quantitative estimate of drug-likeness (QED) is 0.403. The third-order valence-electron chi connectivity index (χ3n) is 0.536. The van der Waals surface area contributed by atoms with Gasteiger partial charge in [-0.25, -0.2) is 0 Å². The molecule has 0 spiro atoms. The Balaban J connectivity index is 0. The molecule has 2 nitrogen and oxygen atoms in total. The third kappa shape index (κ3) is 6.21. The van der Waals surface area contributed by atoms with Gasteiger partial charge in [0.15, 0.2) is 0 Å². The first kappa shape index (κ1) is 11.1. The molecule has 1 radical (unpaired) electrons. The van der Waals surface area contributed by atoms with Gasteiger partial charge in [0.25, 0.3) is 0 Å². The van der Waals surface area contributed by atoms with Crippen LogP contribution in [-0.4, -0.2) is 42.0 Å². The second-order valence-electron chi connectivity index (χ2n) is 1.10. The van der Waals surface area contributed by atoms with Gasteiger partial charge in [0.2, 0.25) is 5.91 Å². The van der Waals surface area contributed by atoms with E-state index in [1.54, 1.807) is 0 Å². The molecule has 0 saturated carbocycles. The Morgan fingerprint density at radius 2 is 2.38 bits per heavy atom. The van der Waals surface area contributed by atoms with Gasteiger partial charge in [0.1, 0.15) is 0 Å². The number of hydrogen-bond donors (Lipinski definition) is 1. The van der Waals surface area contributed by atoms with Gasteiger partial charge in [-0.15, -0.1) is 0 Å². The topological polar surface area (TPSA) is 29.1 Å². The number of rotatable bonds is 2. The monoisotopic (exact) mass is 122 g/mol. The van der Waals surface area contributed by atoms with Gasteiger partial charge in [0, 0.05) is 36.1 Å². The summed E-state index contributed by atoms with van der Waals surface area (Å²) in [6, 6.07) is 0. The van der Waals surface area contributed by atoms with E-state index in [0.717, 1.165) is 0 Å². The molecule has 0 aliphatic carbocycles. The van der Waals surface area contributed by atoms with Crippen LogP contribution in [-0.2, 0) is 4.79 Å². The Morgan fingerprint density at radius 3 is 2.50 bits per heavy atom. The van der Waals surface area contributed by atoms with Crippen molar-refractivity contribution in [1.82, 2.24) is 5.32 Å². The van der Waals surface area contributed by atoms with Crippen molar-refractivity contribution in [1.29, 1.82) is 0 Å². The standard InChI is InChI=1S/C5H9NO.Na/c1-3-5(7)6-4-2;/h3H,1,4H2,2H3,(H,6,7);. The second kappa shape index (κ2) is 7.21. The molecule has 0 saturated heterocycles. The van der Waals surface area contributed by atoms with E-state index >= 15 is 0 Å². The van der Waals surface area contributed by atoms with Crippen molar-refractivity contribution in [3.05, 3.63) is 12.7 Å². The fourth-order valence-electron chi connectivity index (χ4n) is 0.246. The number of amides is 1. The van der Waals surface area contributed by atoms with Crippen LogP contribution in [0.3, 0.4) is 0 Å². The van der Waals surface area contributed by atoms with Crippen molar-refractivity contribution in [2.24, 2.45) is 0 Å². The van der Waals surface area contributed by atoms with Crippen LogP contribution in [0.5, 0.6) is 0 Å². The predicted molar refractivity (Wildman–Crippen MR) is 34.6 cm³/mol. The van der Waals surface area contributed by atoms with Crippen LogP contribution in [0.25, 0.3) is 0 Å². The molecule has 0 aliphatic rings. The molecule has 1 N–H and O–H groups in total. The summed E-state index contributed by atoms with van der Waals surface area (Å²) < 4.78 is 0. The molecule has 0 bridgehead atoms. The zero-order chi connectivity index (χ0) is 5.70. The van der Waals surface area contributed by atoms with Crippen LogP contribution in [0.4, 0.5) is 0 Å². The molecule has 41 valence electrons. The largest absolute Gasteiger partial charge is 0.353 e. The van der Waals surface area contributed by atoms with Gasteiger partial charge in [0.05, 0.1) is 0 Å². The van der Waals surface area contributed by atoms with Crippen LogP contribution in [0.1, 0.15) is 6.92 Å². The second-order valence-corrected chi connectivity index (χ2v) is 1.10. The Kier molecular flexibility index (Phi) is 9.97. The van der Waals surface area contributed by atoms with Gasteiger partial charge in [-0.1, -0.05) is 6.58 Å². The summed E-state index contributed by atoms with van der Waals surface area (Å²) in [5.74, 6) is -0.109. The first-order chi connectivity index (χ1) is 3.31. The number of likely N-dealkylation sites (N-methyl/N-ethyl adjacent to an activating group) is 1. The van der Waals surface area contributed by atoms with E-state index in [-0.39, 0.29) is 35.5 Å². The molecule has 0 aromatic heterocycles. The van der Waals surface area contributed by atoms with Gasteiger partial charge in [-0.05, 0) is 13.0 Å². The summed E-state index contributed by atoms with van der Waals surface area (Å²) in [5.41, 5.74) is 0. The maximum Gasteiger partial charge on any atom is 0.243 e. The summed E-state index contributed by atoms with van der Waals surface area (Å²) in [5, 5.41) is 2.54. The molecule has 0 atom stereocenters. The van der Waals surface area contributed by atoms with E-state index in [4.69, 9.17) is 0 Å². The molecule has 0 unspecified atom stereocenters. The van der Waals surface area contributed by atoms with E-state index in [1.807, 2.05) is 6.92 Å². The normalized spacial score (nSPS) is 6.62. The van der Waals surface area contributed by atoms with Crippen LogP contribution >= 0.6 is 0 Å². The minimum absolute atomic E-state index is 0. The minimum Gasteiger partial charge on any atom is -0.353 e. The fraction of sp³-hybridized carbons (Fsp3) is 0.400. The van der Waals surface area contributed by atoms with E-state index in [9.17, 15) is 4.79 Å². The van der Waals surface area contributed by atoms with Gasteiger partial charge in [-0.3, -0.25) is 4.79 Å². The number of nitrogens with one attached hydrogen (secondary N) is 1. The van der Waals surface area contributed by atoms with Crippen LogP contribution in [0.15, 0.2) is 12.7 Å². The SMILES string of the molecule is C=CC(=O)NCC.[Na]. The van der Waals surface area contributed by atoms with Crippen molar-refractivity contribution in [2.75, 3.05) is 6.54 Å². The molecule has 0 rings (SSSR count). The van der Waals surface area contributed by atoms with Crippen LogP contribution in [0.2, 0.25) is 0 Å². The summed E-state index contributed by atoms with van der Waals surface area (Å²) in [6.07, 6.45) is 1.25. The molecule has 3 heteroatoms. The molecule has 0 aromatic rings. The number of hydrogen-bond acceptors (Lipinski definition) is 1. The molecule has 0 aliphatic heterocycles. The van der Waals surface area contributed by atoms with E-state index in [2.05, 4.69) is 11.9 Å². The summed E-state index contributed by atoms with van der Waals surface area (Å²) >= 11 is 0. The van der Waals surface area contributed by atoms with Crippen LogP contribution in [0, 0.1) is 0 Å². The summed E-state index contributed by atoms with van der Waals surface area (Å²) in [7, 11) is 0. The average Bonchev–Trinajstić information content (AvgIpc) is 1.68. The zero-order valence-corrected chi connectivity index (χ0v) is 7.40. The summed E-state index contributed by atoms with van der Waals surface area (Å²) in [4.78, 5) is 10.2. The number of carbonyl (C=O) groups is 1. The minimum atomic E-state index is -0.109. The van der Waals surface area contributed by atoms with E-state index in [1.165, 1.54) is 6.08 Å². The first-order valence-electron chi connectivity index (χ1n) is 2.21. The molecule has 0 fully saturated rings. The molecular weight excluding hydrogens is 113 g/mol. The maximum absolute atomic E-state index is 10.2. The van der Waals surface area contributed by atoms with Crippen molar-refractivity contribution >= 4 is 35.5 Å². The van der Waals surface area contributed by atoms with Crippen molar-refractivity contribution < 1.29 is 4.79 Å². The molecule has 8 heavy (non-hydrogen) atoms. The van der Waals surface area contributed by atoms with E-state index < -0.39 is 0 Å². The maximum atomic E-state index is 10.2. The predicted octanol–water partition coefficient (Wildman–Crippen LogP) is -0.0723. The first-order valence-corrected chi connectivity index (χ1v) is 2.21. The smallest absolute Gasteiger partial charge is 0.243 e. The molecule has 1 amide bonds. The van der Waals surface area contributed by atoms with Gasteiger partial charge in [-0.2, -0.15) is 0 Å². The molecule has 0 aromatic carbocycles. The fourth-order valence-corrected chi connectivity index (χ4v) is 0.246. The van der Waals surface area contributed by atoms with Crippen molar-refractivity contribution in [3.8, 4) is 0 Å². The Morgan fingerprint density at radius 1 is 1.88 bits per heavy atom. The van der Waals surface area contributed by atoms with E-state index in [0.29, 0.717) is 6.54 Å². The van der Waals surface area contributed by atoms with Crippen LogP contribution < -0.4 is 5.32 Å². The van der Waals surface area contributed by atoms with Gasteiger partial charge >= 0.3 is 0 Å². The van der Waals surface area contributed by atoms with Crippen molar-refractivity contribution in [2.45, 2.75) is 6.92 Å². The Labute approximate surface area is 71.6 Å². The Bertz CT molecular complexity index is 82.5. The zero-order valence-electron chi connectivity index (χ0n) is 5.40. The molecular formula is C5H9NNaO. The Hall–Kier alpha value is 0.210. The summed E-state index contributed by atoms with van der Waals surface area (Å²) in [6.45, 7) is 5.80. The number of carbonyl (C=O) groups excluding carboxylic acids is 1. The molecule has 0 heterocycles. The van der Waals surface area contributed by atoms with Gasteiger partial charge < -0.3 is 5.32 Å². The average molecular weight is 122 g/mol. The third-order valence-corrected chi connectivity index (χ3v) is 0.536. The van der Waals surface area contributed by atoms with Crippen molar-refractivity contribution in [3.63, 3.8) is 0 Å².